The number of fused-ring (bicyclic) bond motifs is 1. The summed E-state index contributed by atoms with van der Waals surface area (Å²) in [6, 6.07) is 7.25. The van der Waals surface area contributed by atoms with Gasteiger partial charge in [-0.15, -0.1) is 0 Å². The molecular weight excluding hydrogens is 452 g/mol. The Bertz CT molecular complexity index is 1130. The van der Waals surface area contributed by atoms with Crippen molar-refractivity contribution in [2.75, 3.05) is 26.0 Å². The van der Waals surface area contributed by atoms with Crippen LogP contribution in [0.5, 0.6) is 0 Å². The van der Waals surface area contributed by atoms with Gasteiger partial charge < -0.3 is 20.5 Å². The molecule has 1 aromatic heterocycles. The summed E-state index contributed by atoms with van der Waals surface area (Å²) in [6.45, 7) is 6.91. The van der Waals surface area contributed by atoms with E-state index in [0.717, 1.165) is 37.2 Å². The molecule has 1 fully saturated rings. The number of benzene rings is 1. The van der Waals surface area contributed by atoms with Crippen molar-refractivity contribution in [3.05, 3.63) is 52.3 Å². The van der Waals surface area contributed by atoms with Gasteiger partial charge in [0.05, 0.1) is 0 Å². The van der Waals surface area contributed by atoms with Gasteiger partial charge in [-0.3, -0.25) is 14.4 Å². The Hall–Kier alpha value is -2.93. The summed E-state index contributed by atoms with van der Waals surface area (Å²) in [4.78, 5) is 44.7. The van der Waals surface area contributed by atoms with E-state index in [2.05, 4.69) is 34.4 Å². The fourth-order valence-electron chi connectivity index (χ4n) is 5.10. The number of amides is 2. The fraction of sp³-hybridized carbons (Fsp3) is 0.552. The Morgan fingerprint density at radius 2 is 1.83 bits per heavy atom. The first-order valence-corrected chi connectivity index (χ1v) is 13.1. The number of hydrogen-bond acceptors (Lipinski definition) is 4. The lowest BCUT2D eigenvalue weighted by Gasteiger charge is -2.28. The molecule has 7 nitrogen and oxygen atoms in total. The second-order valence-electron chi connectivity index (χ2n) is 11.7. The fourth-order valence-corrected chi connectivity index (χ4v) is 5.10. The zero-order chi connectivity index (χ0) is 26.0. The molecule has 0 bridgehead atoms. The molecule has 1 unspecified atom stereocenters. The molecule has 0 spiro atoms. The lowest BCUT2D eigenvalue weighted by Crippen LogP contribution is -2.44. The van der Waals surface area contributed by atoms with Crippen LogP contribution in [0.1, 0.15) is 83.6 Å². The lowest BCUT2D eigenvalue weighted by molar-refractivity contribution is -0.118. The predicted octanol–water partition coefficient (Wildman–Crippen LogP) is 4.51. The van der Waals surface area contributed by atoms with Crippen molar-refractivity contribution in [3.63, 3.8) is 0 Å². The first-order chi connectivity index (χ1) is 17.0. The zero-order valence-corrected chi connectivity index (χ0v) is 22.3. The third-order valence-electron chi connectivity index (χ3n) is 7.38. The van der Waals surface area contributed by atoms with Crippen LogP contribution < -0.4 is 10.6 Å². The minimum atomic E-state index is -0.640. The summed E-state index contributed by atoms with van der Waals surface area (Å²) in [7, 11) is 4.10. The van der Waals surface area contributed by atoms with E-state index < -0.39 is 6.04 Å². The van der Waals surface area contributed by atoms with Crippen molar-refractivity contribution in [3.8, 4) is 0 Å². The van der Waals surface area contributed by atoms with Crippen LogP contribution in [0.3, 0.4) is 0 Å². The Balaban J connectivity index is 1.45. The van der Waals surface area contributed by atoms with Crippen LogP contribution in [-0.2, 0) is 17.6 Å². The van der Waals surface area contributed by atoms with E-state index in [1.54, 1.807) is 0 Å². The lowest BCUT2D eigenvalue weighted by atomic mass is 9.75. The highest BCUT2D eigenvalue weighted by molar-refractivity contribution is 6.06. The molecule has 0 aliphatic heterocycles. The van der Waals surface area contributed by atoms with E-state index in [-0.39, 0.29) is 23.0 Å². The van der Waals surface area contributed by atoms with E-state index in [1.165, 1.54) is 18.4 Å². The zero-order valence-electron chi connectivity index (χ0n) is 22.3. The second kappa shape index (κ2) is 10.6. The monoisotopic (exact) mass is 492 g/mol. The number of likely N-dealkylation sites (N-methyl/N-ethyl adjacent to an activating group) is 1. The summed E-state index contributed by atoms with van der Waals surface area (Å²) >= 11 is 0. The predicted molar refractivity (Wildman–Crippen MR) is 143 cm³/mol. The van der Waals surface area contributed by atoms with Gasteiger partial charge in [-0.2, -0.15) is 0 Å². The standard InChI is InChI=1S/C29H40N4O3/c1-18-25-23(16-29(2,3)17-24(25)34)31-26(18)28(36)32-22(13-10-19-6-7-19)27(35)30-21-11-8-20(9-12-21)14-15-33(4)5/h8-9,11-12,19,22,31H,6-7,10,13-17H2,1-5H3,(H,30,35)(H,32,36). The number of Topliss-reactive ketones (excluding diaryl/α,β-unsaturated/α-hetero) is 1. The molecule has 1 aromatic carbocycles. The van der Waals surface area contributed by atoms with Crippen molar-refractivity contribution >= 4 is 23.3 Å². The minimum absolute atomic E-state index is 0.0751. The molecule has 2 amide bonds. The molecule has 194 valence electrons. The largest absolute Gasteiger partial charge is 0.354 e. The van der Waals surface area contributed by atoms with Crippen molar-refractivity contribution in [2.45, 2.75) is 71.8 Å². The maximum Gasteiger partial charge on any atom is 0.268 e. The van der Waals surface area contributed by atoms with E-state index in [0.29, 0.717) is 35.6 Å². The van der Waals surface area contributed by atoms with E-state index in [4.69, 9.17) is 0 Å². The molecule has 1 saturated carbocycles. The Morgan fingerprint density at radius 3 is 2.47 bits per heavy atom. The quantitative estimate of drug-likeness (QED) is 0.455. The first kappa shape index (κ1) is 26.1. The number of nitrogens with one attached hydrogen (secondary N) is 3. The van der Waals surface area contributed by atoms with E-state index in [9.17, 15) is 14.4 Å². The summed E-state index contributed by atoms with van der Waals surface area (Å²) in [5.41, 5.74) is 4.34. The molecule has 2 aliphatic rings. The highest BCUT2D eigenvalue weighted by atomic mass is 16.2. The molecular formula is C29H40N4O3. The number of carbonyl (C=O) groups is 3. The second-order valence-corrected chi connectivity index (χ2v) is 11.7. The molecule has 7 heteroatoms. The maximum atomic E-state index is 13.3. The van der Waals surface area contributed by atoms with Crippen LogP contribution in [0.2, 0.25) is 0 Å². The van der Waals surface area contributed by atoms with Gasteiger partial charge in [0.15, 0.2) is 5.78 Å². The molecule has 0 radical (unpaired) electrons. The van der Waals surface area contributed by atoms with Crippen molar-refractivity contribution in [2.24, 2.45) is 11.3 Å². The van der Waals surface area contributed by atoms with Crippen molar-refractivity contribution in [1.29, 1.82) is 0 Å². The molecule has 2 aromatic rings. The first-order valence-electron chi connectivity index (χ1n) is 13.1. The van der Waals surface area contributed by atoms with Gasteiger partial charge in [-0.25, -0.2) is 0 Å². The number of carbonyl (C=O) groups excluding carboxylic acids is 3. The van der Waals surface area contributed by atoms with Crippen LogP contribution in [0, 0.1) is 18.3 Å². The van der Waals surface area contributed by atoms with Gasteiger partial charge in [0.2, 0.25) is 5.91 Å². The van der Waals surface area contributed by atoms with Crippen LogP contribution in [0.25, 0.3) is 0 Å². The number of ketones is 1. The molecule has 36 heavy (non-hydrogen) atoms. The molecule has 4 rings (SSSR count). The van der Waals surface area contributed by atoms with E-state index in [1.807, 2.05) is 45.3 Å². The van der Waals surface area contributed by atoms with Crippen LogP contribution >= 0.6 is 0 Å². The van der Waals surface area contributed by atoms with Gasteiger partial charge >= 0.3 is 0 Å². The normalized spacial score (nSPS) is 17.6. The minimum Gasteiger partial charge on any atom is -0.354 e. The van der Waals surface area contributed by atoms with Gasteiger partial charge in [-0.1, -0.05) is 38.8 Å². The number of nitrogens with zero attached hydrogens (tertiary/aromatic N) is 1. The summed E-state index contributed by atoms with van der Waals surface area (Å²) in [6.07, 6.45) is 6.02. The molecule has 1 heterocycles. The highest BCUT2D eigenvalue weighted by Crippen LogP contribution is 2.37. The number of aromatic amines is 1. The molecule has 2 aliphatic carbocycles. The number of rotatable bonds is 10. The maximum absolute atomic E-state index is 13.3. The molecule has 1 atom stereocenters. The van der Waals surface area contributed by atoms with Gasteiger partial charge in [0.25, 0.3) is 5.91 Å². The Morgan fingerprint density at radius 1 is 1.14 bits per heavy atom. The SMILES string of the molecule is Cc1c(C(=O)NC(CCC2CC2)C(=O)Nc2ccc(CCN(C)C)cc2)[nH]c2c1C(=O)CC(C)(C)C2. The van der Waals surface area contributed by atoms with Gasteiger partial charge in [-0.05, 0) is 81.3 Å². The van der Waals surface area contributed by atoms with Crippen molar-refractivity contribution < 1.29 is 14.4 Å². The topological polar surface area (TPSA) is 94.3 Å². The van der Waals surface area contributed by atoms with Crippen LogP contribution in [-0.4, -0.2) is 54.2 Å². The summed E-state index contributed by atoms with van der Waals surface area (Å²) in [5.74, 6) is 0.178. The Kier molecular flexibility index (Phi) is 7.69. The summed E-state index contributed by atoms with van der Waals surface area (Å²) < 4.78 is 0. The molecule has 0 saturated heterocycles. The average molecular weight is 493 g/mol. The van der Waals surface area contributed by atoms with Crippen molar-refractivity contribution in [1.82, 2.24) is 15.2 Å². The number of anilines is 1. The van der Waals surface area contributed by atoms with Gasteiger partial charge in [0.1, 0.15) is 11.7 Å². The van der Waals surface area contributed by atoms with Crippen LogP contribution in [0.15, 0.2) is 24.3 Å². The Labute approximate surface area is 214 Å². The number of hydrogen-bond donors (Lipinski definition) is 3. The van der Waals surface area contributed by atoms with Crippen LogP contribution in [0.4, 0.5) is 5.69 Å². The highest BCUT2D eigenvalue weighted by Gasteiger charge is 2.36. The summed E-state index contributed by atoms with van der Waals surface area (Å²) in [5, 5.41) is 5.96. The third-order valence-corrected chi connectivity index (χ3v) is 7.38. The van der Waals surface area contributed by atoms with Gasteiger partial charge in [0, 0.05) is 29.9 Å². The molecule has 3 N–H and O–H groups in total. The third kappa shape index (κ3) is 6.44. The average Bonchev–Trinajstić information content (AvgIpc) is 3.57. The smallest absolute Gasteiger partial charge is 0.268 e. The number of aromatic nitrogens is 1. The van der Waals surface area contributed by atoms with E-state index >= 15 is 0 Å². The number of H-pyrrole nitrogens is 1.